The fourth-order valence-electron chi connectivity index (χ4n) is 4.18. The number of nitrogens with zero attached hydrogens (tertiary/aromatic N) is 3. The summed E-state index contributed by atoms with van der Waals surface area (Å²) in [6.07, 6.45) is 6.49. The second-order valence-corrected chi connectivity index (χ2v) is 11.2. The second-order valence-electron chi connectivity index (χ2n) is 8.18. The minimum atomic E-state index is -3.28. The summed E-state index contributed by atoms with van der Waals surface area (Å²) in [5, 5.41) is 0.666. The van der Waals surface area contributed by atoms with Gasteiger partial charge in [-0.3, -0.25) is 14.6 Å². The van der Waals surface area contributed by atoms with Gasteiger partial charge >= 0.3 is 0 Å². The van der Waals surface area contributed by atoms with Crippen molar-refractivity contribution >= 4 is 54.8 Å². The molecular formula is C21H30ClN3O4S2. The Bertz CT molecular complexity index is 999. The smallest absolute Gasteiger partial charge is 0.231 e. The van der Waals surface area contributed by atoms with E-state index < -0.39 is 9.84 Å². The normalized spacial score (nSPS) is 18.6. The van der Waals surface area contributed by atoms with E-state index in [4.69, 9.17) is 9.72 Å². The number of sulfone groups is 1. The molecule has 4 rings (SSSR count). The maximum atomic E-state index is 13.4. The number of hydrogen-bond acceptors (Lipinski definition) is 7. The summed E-state index contributed by atoms with van der Waals surface area (Å²) >= 11 is 1.40. The molecule has 0 N–H and O–H groups in total. The highest BCUT2D eigenvalue weighted by Crippen LogP contribution is 2.33. The molecule has 2 aliphatic rings. The van der Waals surface area contributed by atoms with E-state index in [0.717, 1.165) is 68.7 Å². The number of morpholine rings is 1. The molecule has 10 heteroatoms. The molecule has 172 valence electrons. The van der Waals surface area contributed by atoms with Crippen LogP contribution in [0.25, 0.3) is 10.2 Å². The quantitative estimate of drug-likeness (QED) is 0.621. The number of rotatable bonds is 6. The first-order chi connectivity index (χ1) is 14.4. The van der Waals surface area contributed by atoms with Crippen molar-refractivity contribution in [3.63, 3.8) is 0 Å². The molecule has 1 aromatic carbocycles. The zero-order valence-corrected chi connectivity index (χ0v) is 20.2. The third-order valence-electron chi connectivity index (χ3n) is 5.97. The molecule has 1 saturated heterocycles. The SMILES string of the molecule is CS(=O)(=O)c1ccc2nc(N(CCN3CCOCC3)C(=O)C3CCCCC3)sc2c1.Cl. The molecule has 2 aromatic rings. The van der Waals surface area contributed by atoms with E-state index in [2.05, 4.69) is 4.90 Å². The van der Waals surface area contributed by atoms with Crippen LogP contribution < -0.4 is 4.90 Å². The van der Waals surface area contributed by atoms with Crippen molar-refractivity contribution < 1.29 is 17.9 Å². The van der Waals surface area contributed by atoms with Crippen molar-refractivity contribution in [2.24, 2.45) is 5.92 Å². The summed E-state index contributed by atoms with van der Waals surface area (Å²) in [5.41, 5.74) is 0.732. The number of ether oxygens (including phenoxy) is 1. The fourth-order valence-corrected chi connectivity index (χ4v) is 5.93. The van der Waals surface area contributed by atoms with Crippen LogP contribution in [0.15, 0.2) is 23.1 Å². The molecule has 1 amide bonds. The van der Waals surface area contributed by atoms with Gasteiger partial charge in [0.2, 0.25) is 5.91 Å². The van der Waals surface area contributed by atoms with Crippen LogP contribution in [-0.4, -0.2) is 69.9 Å². The van der Waals surface area contributed by atoms with Gasteiger partial charge in [0, 0.05) is 38.4 Å². The van der Waals surface area contributed by atoms with Gasteiger partial charge in [0.15, 0.2) is 15.0 Å². The molecule has 2 heterocycles. The lowest BCUT2D eigenvalue weighted by atomic mass is 9.88. The number of fused-ring (bicyclic) bond motifs is 1. The molecule has 1 saturated carbocycles. The van der Waals surface area contributed by atoms with Gasteiger partial charge in [-0.25, -0.2) is 13.4 Å². The van der Waals surface area contributed by atoms with E-state index in [0.29, 0.717) is 11.7 Å². The fraction of sp³-hybridized carbons (Fsp3) is 0.619. The number of aromatic nitrogens is 1. The van der Waals surface area contributed by atoms with E-state index in [1.54, 1.807) is 18.2 Å². The van der Waals surface area contributed by atoms with Gasteiger partial charge < -0.3 is 4.74 Å². The predicted octanol–water partition coefficient (Wildman–Crippen LogP) is 3.37. The van der Waals surface area contributed by atoms with Crippen LogP contribution in [0.3, 0.4) is 0 Å². The molecule has 7 nitrogen and oxygen atoms in total. The first-order valence-electron chi connectivity index (χ1n) is 10.6. The molecular weight excluding hydrogens is 458 g/mol. The summed E-state index contributed by atoms with van der Waals surface area (Å²) in [6, 6.07) is 4.98. The molecule has 1 aromatic heterocycles. The molecule has 0 radical (unpaired) electrons. The summed E-state index contributed by atoms with van der Waals surface area (Å²) in [5.74, 6) is 0.215. The first-order valence-corrected chi connectivity index (χ1v) is 13.3. The van der Waals surface area contributed by atoms with Gasteiger partial charge in [-0.2, -0.15) is 0 Å². The average Bonchev–Trinajstić information content (AvgIpc) is 3.17. The van der Waals surface area contributed by atoms with Gasteiger partial charge in [0.05, 0.1) is 28.3 Å². The molecule has 1 aliphatic carbocycles. The standard InChI is InChI=1S/C21H29N3O4S2.ClH/c1-30(26,27)17-7-8-18-19(15-17)29-21(22-18)24(10-9-23-11-13-28-14-12-23)20(25)16-5-3-2-4-6-16;/h7-8,15-16H,2-6,9-14H2,1H3;1H. The maximum Gasteiger partial charge on any atom is 0.231 e. The molecule has 0 atom stereocenters. The molecule has 0 unspecified atom stereocenters. The van der Waals surface area contributed by atoms with Crippen molar-refractivity contribution in [3.8, 4) is 0 Å². The molecule has 0 bridgehead atoms. The Morgan fingerprint density at radius 1 is 1.23 bits per heavy atom. The third kappa shape index (κ3) is 5.96. The lowest BCUT2D eigenvalue weighted by Crippen LogP contribution is -2.45. The van der Waals surface area contributed by atoms with E-state index >= 15 is 0 Å². The van der Waals surface area contributed by atoms with Gasteiger partial charge in [-0.15, -0.1) is 12.4 Å². The Balaban J connectivity index is 0.00000272. The highest BCUT2D eigenvalue weighted by Gasteiger charge is 2.29. The molecule has 31 heavy (non-hydrogen) atoms. The minimum absolute atomic E-state index is 0. The zero-order chi connectivity index (χ0) is 21.1. The molecule has 2 fully saturated rings. The predicted molar refractivity (Wildman–Crippen MR) is 126 cm³/mol. The van der Waals surface area contributed by atoms with Crippen LogP contribution in [0.1, 0.15) is 32.1 Å². The Kier molecular flexibility index (Phi) is 8.31. The van der Waals surface area contributed by atoms with E-state index in [1.165, 1.54) is 24.0 Å². The zero-order valence-electron chi connectivity index (χ0n) is 17.8. The highest BCUT2D eigenvalue weighted by molar-refractivity contribution is 7.90. The first kappa shape index (κ1) is 24.4. The monoisotopic (exact) mass is 487 g/mol. The summed E-state index contributed by atoms with van der Waals surface area (Å²) < 4.78 is 30.1. The van der Waals surface area contributed by atoms with Crippen molar-refractivity contribution in [2.45, 2.75) is 37.0 Å². The van der Waals surface area contributed by atoms with Gasteiger partial charge in [0.25, 0.3) is 0 Å². The second kappa shape index (κ2) is 10.6. The number of benzene rings is 1. The van der Waals surface area contributed by atoms with Crippen LogP contribution in [0, 0.1) is 5.92 Å². The van der Waals surface area contributed by atoms with E-state index in [-0.39, 0.29) is 29.1 Å². The van der Waals surface area contributed by atoms with Crippen LogP contribution in [0.5, 0.6) is 0 Å². The highest BCUT2D eigenvalue weighted by atomic mass is 35.5. The van der Waals surface area contributed by atoms with Gasteiger partial charge in [-0.1, -0.05) is 30.6 Å². The number of carbonyl (C=O) groups is 1. The average molecular weight is 488 g/mol. The summed E-state index contributed by atoms with van der Waals surface area (Å²) in [4.78, 5) is 22.6. The van der Waals surface area contributed by atoms with Crippen LogP contribution >= 0.6 is 23.7 Å². The number of amides is 1. The Morgan fingerprint density at radius 3 is 2.61 bits per heavy atom. The Labute approximate surface area is 194 Å². The van der Waals surface area contributed by atoms with Gasteiger partial charge in [0.1, 0.15) is 0 Å². The van der Waals surface area contributed by atoms with Crippen molar-refractivity contribution in [1.82, 2.24) is 9.88 Å². The van der Waals surface area contributed by atoms with Crippen molar-refractivity contribution in [2.75, 3.05) is 50.5 Å². The van der Waals surface area contributed by atoms with Gasteiger partial charge in [-0.05, 0) is 31.0 Å². The lowest BCUT2D eigenvalue weighted by Gasteiger charge is -2.31. The number of thiazole rings is 1. The lowest BCUT2D eigenvalue weighted by molar-refractivity contribution is -0.123. The largest absolute Gasteiger partial charge is 0.379 e. The van der Waals surface area contributed by atoms with E-state index in [9.17, 15) is 13.2 Å². The van der Waals surface area contributed by atoms with Crippen molar-refractivity contribution in [1.29, 1.82) is 0 Å². The summed E-state index contributed by atoms with van der Waals surface area (Å²) in [6.45, 7) is 4.59. The van der Waals surface area contributed by atoms with E-state index in [1.807, 2.05) is 4.90 Å². The van der Waals surface area contributed by atoms with Crippen LogP contribution in [0.2, 0.25) is 0 Å². The third-order valence-corrected chi connectivity index (χ3v) is 8.12. The Hall–Kier alpha value is -1.26. The van der Waals surface area contributed by atoms with Crippen LogP contribution in [0.4, 0.5) is 5.13 Å². The molecule has 1 aliphatic heterocycles. The minimum Gasteiger partial charge on any atom is -0.379 e. The topological polar surface area (TPSA) is 79.8 Å². The number of halogens is 1. The number of hydrogen-bond donors (Lipinski definition) is 0. The van der Waals surface area contributed by atoms with Crippen LogP contribution in [-0.2, 0) is 19.4 Å². The molecule has 0 spiro atoms. The number of anilines is 1. The van der Waals surface area contributed by atoms with Crippen molar-refractivity contribution in [3.05, 3.63) is 18.2 Å². The Morgan fingerprint density at radius 2 is 1.94 bits per heavy atom. The maximum absolute atomic E-state index is 13.4. The number of carbonyl (C=O) groups excluding carboxylic acids is 1. The summed E-state index contributed by atoms with van der Waals surface area (Å²) in [7, 11) is -3.28.